The lowest BCUT2D eigenvalue weighted by Gasteiger charge is -2.13. The smallest absolute Gasteiger partial charge is 0.0660 e. The summed E-state index contributed by atoms with van der Waals surface area (Å²) in [4.78, 5) is 0. The van der Waals surface area contributed by atoms with E-state index < -0.39 is 0 Å². The highest BCUT2D eigenvalue weighted by atomic mass is 79.9. The van der Waals surface area contributed by atoms with Crippen LogP contribution in [0, 0.1) is 0 Å². The first-order valence-corrected chi connectivity index (χ1v) is 6.90. The molecule has 0 fully saturated rings. The molecule has 2 rings (SSSR count). The fourth-order valence-corrected chi connectivity index (χ4v) is 2.53. The number of hydrogen-bond donors (Lipinski definition) is 1. The molecule has 0 saturated heterocycles. The van der Waals surface area contributed by atoms with Gasteiger partial charge >= 0.3 is 0 Å². The van der Waals surface area contributed by atoms with E-state index in [0.717, 1.165) is 16.7 Å². The summed E-state index contributed by atoms with van der Waals surface area (Å²) in [7, 11) is 1.96. The lowest BCUT2D eigenvalue weighted by atomic mass is 10.1. The first-order valence-electron chi connectivity index (χ1n) is 6.10. The molecule has 0 saturated carbocycles. The molecule has 0 spiro atoms. The van der Waals surface area contributed by atoms with E-state index in [0.29, 0.717) is 5.92 Å². The van der Waals surface area contributed by atoms with Gasteiger partial charge in [0.15, 0.2) is 0 Å². The van der Waals surface area contributed by atoms with E-state index in [9.17, 15) is 0 Å². The van der Waals surface area contributed by atoms with Crippen LogP contribution in [0.4, 0.5) is 0 Å². The highest BCUT2D eigenvalue weighted by Gasteiger charge is 2.14. The minimum atomic E-state index is 0.440. The summed E-state index contributed by atoms with van der Waals surface area (Å²) < 4.78 is 3.10. The topological polar surface area (TPSA) is 29.9 Å². The predicted molar refractivity (Wildman–Crippen MR) is 78.1 cm³/mol. The van der Waals surface area contributed by atoms with Crippen LogP contribution in [-0.2, 0) is 6.54 Å². The van der Waals surface area contributed by atoms with E-state index in [1.54, 1.807) is 0 Å². The third kappa shape index (κ3) is 2.65. The normalized spacial score (nSPS) is 11.2. The first-order chi connectivity index (χ1) is 8.63. The molecule has 4 heteroatoms. The SMILES string of the molecule is CNCc1cnn(-c2cccc(Br)c2)c1C(C)C. The minimum Gasteiger partial charge on any atom is -0.316 e. The molecule has 2 aromatic rings. The fourth-order valence-electron chi connectivity index (χ4n) is 2.15. The highest BCUT2D eigenvalue weighted by molar-refractivity contribution is 9.10. The van der Waals surface area contributed by atoms with Gasteiger partial charge in [-0.1, -0.05) is 35.8 Å². The molecule has 1 aromatic heterocycles. The van der Waals surface area contributed by atoms with Gasteiger partial charge in [-0.25, -0.2) is 4.68 Å². The van der Waals surface area contributed by atoms with Gasteiger partial charge in [-0.05, 0) is 31.2 Å². The van der Waals surface area contributed by atoms with E-state index in [2.05, 4.69) is 52.3 Å². The van der Waals surface area contributed by atoms with Crippen LogP contribution < -0.4 is 5.32 Å². The number of nitrogens with one attached hydrogen (secondary N) is 1. The highest BCUT2D eigenvalue weighted by Crippen LogP contribution is 2.24. The molecular weight excluding hydrogens is 290 g/mol. The van der Waals surface area contributed by atoms with Crippen LogP contribution in [0.3, 0.4) is 0 Å². The summed E-state index contributed by atoms with van der Waals surface area (Å²) in [6, 6.07) is 8.22. The summed E-state index contributed by atoms with van der Waals surface area (Å²) in [5.41, 5.74) is 3.62. The summed E-state index contributed by atoms with van der Waals surface area (Å²) in [6.45, 7) is 5.25. The molecule has 0 unspecified atom stereocenters. The number of benzene rings is 1. The van der Waals surface area contributed by atoms with Crippen LogP contribution in [0.2, 0.25) is 0 Å². The Morgan fingerprint density at radius 3 is 2.78 bits per heavy atom. The Hall–Kier alpha value is -1.13. The Kier molecular flexibility index (Phi) is 4.19. The van der Waals surface area contributed by atoms with Crippen LogP contribution in [0.1, 0.15) is 31.0 Å². The molecule has 0 atom stereocenters. The van der Waals surface area contributed by atoms with Gasteiger partial charge in [-0.2, -0.15) is 5.10 Å². The molecule has 0 bridgehead atoms. The Morgan fingerprint density at radius 1 is 1.39 bits per heavy atom. The molecule has 96 valence electrons. The van der Waals surface area contributed by atoms with Gasteiger partial charge in [0.25, 0.3) is 0 Å². The molecule has 0 radical (unpaired) electrons. The summed E-state index contributed by atoms with van der Waals surface area (Å²) >= 11 is 3.51. The Bertz CT molecular complexity index is 532. The van der Waals surface area contributed by atoms with Gasteiger partial charge in [0, 0.05) is 16.6 Å². The standard InChI is InChI=1S/C14H18BrN3/c1-10(2)14-11(8-16-3)9-17-18(14)13-6-4-5-12(15)7-13/h4-7,9-10,16H,8H2,1-3H3. The fraction of sp³-hybridized carbons (Fsp3) is 0.357. The molecule has 3 nitrogen and oxygen atoms in total. The second-order valence-electron chi connectivity index (χ2n) is 4.63. The van der Waals surface area contributed by atoms with Gasteiger partial charge < -0.3 is 5.32 Å². The molecule has 0 aliphatic heterocycles. The van der Waals surface area contributed by atoms with Gasteiger partial charge in [0.05, 0.1) is 17.6 Å². The maximum absolute atomic E-state index is 4.52. The van der Waals surface area contributed by atoms with Gasteiger partial charge in [-0.3, -0.25) is 0 Å². The van der Waals surface area contributed by atoms with Gasteiger partial charge in [0.1, 0.15) is 0 Å². The number of rotatable bonds is 4. The monoisotopic (exact) mass is 307 g/mol. The third-order valence-electron chi connectivity index (χ3n) is 2.85. The largest absolute Gasteiger partial charge is 0.316 e. The van der Waals surface area contributed by atoms with E-state index in [1.165, 1.54) is 11.3 Å². The van der Waals surface area contributed by atoms with Crippen molar-refractivity contribution in [3.05, 3.63) is 46.2 Å². The maximum Gasteiger partial charge on any atom is 0.0660 e. The molecule has 0 amide bonds. The van der Waals surface area contributed by atoms with Crippen molar-refractivity contribution in [2.75, 3.05) is 7.05 Å². The average molecular weight is 308 g/mol. The second-order valence-corrected chi connectivity index (χ2v) is 5.55. The maximum atomic E-state index is 4.52. The summed E-state index contributed by atoms with van der Waals surface area (Å²) in [5, 5.41) is 7.72. The van der Waals surface area contributed by atoms with Gasteiger partial charge in [0.2, 0.25) is 0 Å². The summed E-state index contributed by atoms with van der Waals surface area (Å²) in [5.74, 6) is 0.440. The van der Waals surface area contributed by atoms with Crippen molar-refractivity contribution in [1.82, 2.24) is 15.1 Å². The molecule has 1 N–H and O–H groups in total. The first kappa shape index (κ1) is 13.3. The molecule has 18 heavy (non-hydrogen) atoms. The van der Waals surface area contributed by atoms with Crippen LogP contribution in [0.25, 0.3) is 5.69 Å². The Labute approximate surface area is 116 Å². The zero-order valence-electron chi connectivity index (χ0n) is 10.9. The van der Waals surface area contributed by atoms with Crippen molar-refractivity contribution in [3.8, 4) is 5.69 Å². The van der Waals surface area contributed by atoms with Crippen molar-refractivity contribution in [1.29, 1.82) is 0 Å². The summed E-state index contributed by atoms with van der Waals surface area (Å²) in [6.07, 6.45) is 1.95. The van der Waals surface area contributed by atoms with Crippen molar-refractivity contribution in [2.24, 2.45) is 0 Å². The lowest BCUT2D eigenvalue weighted by molar-refractivity contribution is 0.712. The molecule has 0 aliphatic carbocycles. The molecule has 1 aromatic carbocycles. The van der Waals surface area contributed by atoms with Crippen molar-refractivity contribution in [2.45, 2.75) is 26.3 Å². The van der Waals surface area contributed by atoms with Crippen LogP contribution in [-0.4, -0.2) is 16.8 Å². The van der Waals surface area contributed by atoms with Crippen molar-refractivity contribution >= 4 is 15.9 Å². The zero-order chi connectivity index (χ0) is 13.1. The number of halogens is 1. The quantitative estimate of drug-likeness (QED) is 0.937. The van der Waals surface area contributed by atoms with E-state index in [1.807, 2.05) is 30.1 Å². The third-order valence-corrected chi connectivity index (χ3v) is 3.35. The molecular formula is C14H18BrN3. The molecule has 0 aliphatic rings. The van der Waals surface area contributed by atoms with Gasteiger partial charge in [-0.15, -0.1) is 0 Å². The minimum absolute atomic E-state index is 0.440. The van der Waals surface area contributed by atoms with Crippen LogP contribution in [0.5, 0.6) is 0 Å². The van der Waals surface area contributed by atoms with E-state index in [-0.39, 0.29) is 0 Å². The lowest BCUT2D eigenvalue weighted by Crippen LogP contribution is -2.10. The number of nitrogens with zero attached hydrogens (tertiary/aromatic N) is 2. The van der Waals surface area contributed by atoms with E-state index >= 15 is 0 Å². The van der Waals surface area contributed by atoms with E-state index in [4.69, 9.17) is 0 Å². The zero-order valence-corrected chi connectivity index (χ0v) is 12.5. The molecule has 1 heterocycles. The van der Waals surface area contributed by atoms with Crippen LogP contribution in [0.15, 0.2) is 34.9 Å². The number of aromatic nitrogens is 2. The Morgan fingerprint density at radius 2 is 2.17 bits per heavy atom. The van der Waals surface area contributed by atoms with Crippen LogP contribution >= 0.6 is 15.9 Å². The van der Waals surface area contributed by atoms with Crippen molar-refractivity contribution in [3.63, 3.8) is 0 Å². The second kappa shape index (κ2) is 5.67. The number of hydrogen-bond acceptors (Lipinski definition) is 2. The Balaban J connectivity index is 2.50. The average Bonchev–Trinajstić information content (AvgIpc) is 2.73. The van der Waals surface area contributed by atoms with Crippen molar-refractivity contribution < 1.29 is 0 Å². The predicted octanol–water partition coefficient (Wildman–Crippen LogP) is 3.48.